The van der Waals surface area contributed by atoms with E-state index in [0.29, 0.717) is 11.5 Å². The van der Waals surface area contributed by atoms with Crippen LogP contribution in [-0.4, -0.2) is 24.7 Å². The Balaban J connectivity index is 1.41. The second kappa shape index (κ2) is 11.9. The van der Waals surface area contributed by atoms with Gasteiger partial charge in [0.15, 0.2) is 6.61 Å². The Morgan fingerprint density at radius 2 is 1.56 bits per heavy atom. The van der Waals surface area contributed by atoms with Gasteiger partial charge in [-0.2, -0.15) is 5.10 Å². The maximum atomic E-state index is 11.9. The smallest absolute Gasteiger partial charge is 0.336 e. The number of aryl methyl sites for hydroxylation is 1. The molecule has 32 heavy (non-hydrogen) atoms. The number of carbonyl (C=O) groups is 2. The highest BCUT2D eigenvalue weighted by molar-refractivity contribution is 5.89. The Bertz CT molecular complexity index is 1070. The van der Waals surface area contributed by atoms with Gasteiger partial charge in [0.1, 0.15) is 11.5 Å². The maximum Gasteiger partial charge on any atom is 0.336 e. The molecule has 3 rings (SSSR count). The Labute approximate surface area is 187 Å². The molecule has 0 radical (unpaired) electrons. The minimum Gasteiger partial charge on any atom is -0.484 e. The van der Waals surface area contributed by atoms with Crippen LogP contribution in [0.15, 0.2) is 90.0 Å². The van der Waals surface area contributed by atoms with Gasteiger partial charge in [0, 0.05) is 6.08 Å². The number of benzene rings is 3. The third-order valence-electron chi connectivity index (χ3n) is 4.41. The summed E-state index contributed by atoms with van der Waals surface area (Å²) in [5, 5.41) is 3.91. The highest BCUT2D eigenvalue weighted by atomic mass is 16.5. The highest BCUT2D eigenvalue weighted by Crippen LogP contribution is 2.13. The summed E-state index contributed by atoms with van der Waals surface area (Å²) < 4.78 is 10.7. The van der Waals surface area contributed by atoms with E-state index in [0.717, 1.165) is 17.5 Å². The van der Waals surface area contributed by atoms with Crippen LogP contribution >= 0.6 is 0 Å². The molecule has 1 N–H and O–H groups in total. The second-order valence-electron chi connectivity index (χ2n) is 6.81. The third-order valence-corrected chi connectivity index (χ3v) is 4.41. The first kappa shape index (κ1) is 22.5. The van der Waals surface area contributed by atoms with Crippen LogP contribution < -0.4 is 14.9 Å². The van der Waals surface area contributed by atoms with E-state index < -0.39 is 5.97 Å². The lowest BCUT2D eigenvalue weighted by Crippen LogP contribution is -2.24. The molecule has 0 unspecified atom stereocenters. The molecule has 3 aromatic rings. The first-order valence-electron chi connectivity index (χ1n) is 10.2. The van der Waals surface area contributed by atoms with Gasteiger partial charge in [-0.15, -0.1) is 0 Å². The van der Waals surface area contributed by atoms with Gasteiger partial charge in [-0.3, -0.25) is 4.79 Å². The van der Waals surface area contributed by atoms with Crippen LogP contribution in [0.1, 0.15) is 23.6 Å². The van der Waals surface area contributed by atoms with Crippen molar-refractivity contribution in [1.82, 2.24) is 5.43 Å². The standard InChI is InChI=1S/C26H24N2O4/c1-2-20-8-13-23(14-9-20)31-19-25(29)28-27-18-22-10-15-24(16-11-22)32-26(30)17-12-21-6-4-3-5-7-21/h3-18H,2,19H2,1H3,(H,28,29). The Morgan fingerprint density at radius 3 is 2.25 bits per heavy atom. The lowest BCUT2D eigenvalue weighted by molar-refractivity contribution is -0.129. The summed E-state index contributed by atoms with van der Waals surface area (Å²) in [5.74, 6) is 0.213. The second-order valence-corrected chi connectivity index (χ2v) is 6.81. The fourth-order valence-corrected chi connectivity index (χ4v) is 2.68. The molecular formula is C26H24N2O4. The first-order chi connectivity index (χ1) is 15.6. The molecule has 6 heteroatoms. The van der Waals surface area contributed by atoms with E-state index in [1.54, 1.807) is 30.3 Å². The molecule has 0 atom stereocenters. The van der Waals surface area contributed by atoms with Crippen molar-refractivity contribution < 1.29 is 19.1 Å². The van der Waals surface area contributed by atoms with Crippen molar-refractivity contribution in [3.63, 3.8) is 0 Å². The molecule has 6 nitrogen and oxygen atoms in total. The van der Waals surface area contributed by atoms with Crippen LogP contribution in [0.25, 0.3) is 6.08 Å². The van der Waals surface area contributed by atoms with Gasteiger partial charge in [-0.05, 0) is 65.6 Å². The average Bonchev–Trinajstić information content (AvgIpc) is 2.83. The predicted octanol–water partition coefficient (Wildman–Crippen LogP) is 4.40. The van der Waals surface area contributed by atoms with Crippen molar-refractivity contribution >= 4 is 24.2 Å². The van der Waals surface area contributed by atoms with E-state index in [1.165, 1.54) is 17.9 Å². The fourth-order valence-electron chi connectivity index (χ4n) is 2.68. The lowest BCUT2D eigenvalue weighted by Gasteiger charge is -2.05. The van der Waals surface area contributed by atoms with Crippen LogP contribution in [0.5, 0.6) is 11.5 Å². The zero-order chi connectivity index (χ0) is 22.6. The van der Waals surface area contributed by atoms with Crippen molar-refractivity contribution in [1.29, 1.82) is 0 Å². The molecule has 0 spiro atoms. The van der Waals surface area contributed by atoms with Crippen molar-refractivity contribution in [2.75, 3.05) is 6.61 Å². The van der Waals surface area contributed by atoms with Crippen molar-refractivity contribution in [2.45, 2.75) is 13.3 Å². The van der Waals surface area contributed by atoms with E-state index in [1.807, 2.05) is 54.6 Å². The number of carbonyl (C=O) groups excluding carboxylic acids is 2. The number of nitrogens with zero attached hydrogens (tertiary/aromatic N) is 1. The number of hydrogen-bond acceptors (Lipinski definition) is 5. The largest absolute Gasteiger partial charge is 0.484 e. The summed E-state index contributed by atoms with van der Waals surface area (Å²) in [4.78, 5) is 23.8. The SMILES string of the molecule is CCc1ccc(OCC(=O)NN=Cc2ccc(OC(=O)C=Cc3ccccc3)cc2)cc1. The minimum absolute atomic E-state index is 0.131. The maximum absolute atomic E-state index is 11.9. The van der Waals surface area contributed by atoms with Crippen molar-refractivity contribution in [2.24, 2.45) is 5.10 Å². The fraction of sp³-hybridized carbons (Fsp3) is 0.115. The Hall–Kier alpha value is -4.19. The third kappa shape index (κ3) is 7.57. The van der Waals surface area contributed by atoms with Gasteiger partial charge in [-0.25, -0.2) is 10.2 Å². The zero-order valence-corrected chi connectivity index (χ0v) is 17.7. The molecule has 0 aliphatic heterocycles. The number of ether oxygens (including phenoxy) is 2. The number of rotatable bonds is 9. The molecule has 3 aromatic carbocycles. The molecular weight excluding hydrogens is 404 g/mol. The topological polar surface area (TPSA) is 77.0 Å². The van der Waals surface area contributed by atoms with Gasteiger partial charge >= 0.3 is 5.97 Å². The van der Waals surface area contributed by atoms with Gasteiger partial charge in [0.05, 0.1) is 6.21 Å². The van der Waals surface area contributed by atoms with E-state index in [2.05, 4.69) is 17.5 Å². The van der Waals surface area contributed by atoms with E-state index in [9.17, 15) is 9.59 Å². The molecule has 1 amide bonds. The van der Waals surface area contributed by atoms with Gasteiger partial charge in [0.25, 0.3) is 5.91 Å². The van der Waals surface area contributed by atoms with Crippen molar-refractivity contribution in [3.8, 4) is 11.5 Å². The summed E-state index contributed by atoms with van der Waals surface area (Å²) in [5.41, 5.74) is 5.27. The van der Waals surface area contributed by atoms with E-state index in [-0.39, 0.29) is 12.5 Å². The summed E-state index contributed by atoms with van der Waals surface area (Å²) in [7, 11) is 0. The molecule has 0 bridgehead atoms. The monoisotopic (exact) mass is 428 g/mol. The molecule has 0 heterocycles. The van der Waals surface area contributed by atoms with Crippen LogP contribution in [0.2, 0.25) is 0 Å². The summed E-state index contributed by atoms with van der Waals surface area (Å²) in [6, 6.07) is 23.8. The number of esters is 1. The molecule has 0 aromatic heterocycles. The number of amides is 1. The van der Waals surface area contributed by atoms with Crippen molar-refractivity contribution in [3.05, 3.63) is 102 Å². The van der Waals surface area contributed by atoms with Gasteiger partial charge in [0.2, 0.25) is 0 Å². The quantitative estimate of drug-likeness (QED) is 0.180. The van der Waals surface area contributed by atoms with Crippen LogP contribution in [0.4, 0.5) is 0 Å². The molecule has 0 saturated carbocycles. The Morgan fingerprint density at radius 1 is 0.875 bits per heavy atom. The number of hydrazone groups is 1. The molecule has 0 fully saturated rings. The average molecular weight is 428 g/mol. The summed E-state index contributed by atoms with van der Waals surface area (Å²) in [6.07, 6.45) is 5.51. The molecule has 0 saturated heterocycles. The highest BCUT2D eigenvalue weighted by Gasteiger charge is 2.02. The lowest BCUT2D eigenvalue weighted by atomic mass is 10.2. The van der Waals surface area contributed by atoms with Gasteiger partial charge < -0.3 is 9.47 Å². The van der Waals surface area contributed by atoms with Crippen LogP contribution in [-0.2, 0) is 16.0 Å². The molecule has 0 aliphatic carbocycles. The predicted molar refractivity (Wildman–Crippen MR) is 125 cm³/mol. The number of hydrogen-bond donors (Lipinski definition) is 1. The molecule has 162 valence electrons. The first-order valence-corrected chi connectivity index (χ1v) is 10.2. The van der Waals surface area contributed by atoms with E-state index >= 15 is 0 Å². The van der Waals surface area contributed by atoms with Gasteiger partial charge in [-0.1, -0.05) is 49.4 Å². The van der Waals surface area contributed by atoms with Crippen LogP contribution in [0, 0.1) is 0 Å². The van der Waals surface area contributed by atoms with E-state index in [4.69, 9.17) is 9.47 Å². The normalized spacial score (nSPS) is 10.9. The minimum atomic E-state index is -0.466. The molecule has 0 aliphatic rings. The number of nitrogens with one attached hydrogen (secondary N) is 1. The summed E-state index contributed by atoms with van der Waals surface area (Å²) in [6.45, 7) is 1.94. The van der Waals surface area contributed by atoms with Crippen LogP contribution in [0.3, 0.4) is 0 Å². The summed E-state index contributed by atoms with van der Waals surface area (Å²) >= 11 is 0. The Kier molecular flexibility index (Phi) is 8.34. The zero-order valence-electron chi connectivity index (χ0n) is 17.7.